The number of sulfone groups is 1. The highest BCUT2D eigenvalue weighted by molar-refractivity contribution is 7.90. The molecule has 1 fully saturated rings. The topological polar surface area (TPSA) is 115 Å². The van der Waals surface area contributed by atoms with Crippen molar-refractivity contribution in [2.75, 3.05) is 31.6 Å². The fourth-order valence-electron chi connectivity index (χ4n) is 4.17. The summed E-state index contributed by atoms with van der Waals surface area (Å²) in [5.41, 5.74) is 1.06. The molecule has 0 spiro atoms. The molecule has 3 rings (SSSR count). The summed E-state index contributed by atoms with van der Waals surface area (Å²) >= 11 is 6.24. The summed E-state index contributed by atoms with van der Waals surface area (Å²) in [7, 11) is -3.11. The molecule has 1 aliphatic rings. The summed E-state index contributed by atoms with van der Waals surface area (Å²) in [5.74, 6) is 0.125. The molecule has 30 heavy (non-hydrogen) atoms. The van der Waals surface area contributed by atoms with Crippen molar-refractivity contribution in [1.29, 1.82) is 0 Å². The van der Waals surface area contributed by atoms with Crippen molar-refractivity contribution in [3.8, 4) is 0 Å². The Morgan fingerprint density at radius 3 is 2.70 bits per heavy atom. The zero-order valence-corrected chi connectivity index (χ0v) is 19.1. The molecule has 2 amide bonds. The smallest absolute Gasteiger partial charge is 0.317 e. The molecule has 0 aliphatic carbocycles. The number of fused-ring (bicyclic) bond motifs is 1. The molecule has 1 atom stereocenters. The Balaban J connectivity index is 1.64. The summed E-state index contributed by atoms with van der Waals surface area (Å²) in [6, 6.07) is 3.34. The molecule has 1 aliphatic heterocycles. The zero-order chi connectivity index (χ0) is 22.1. The van der Waals surface area contributed by atoms with Crippen LogP contribution in [0.5, 0.6) is 0 Å². The molecule has 10 heteroatoms. The number of hydrogen-bond acceptors (Lipinski definition) is 5. The number of benzene rings is 1. The van der Waals surface area contributed by atoms with Gasteiger partial charge in [-0.1, -0.05) is 25.4 Å². The maximum Gasteiger partial charge on any atom is 0.317 e. The summed E-state index contributed by atoms with van der Waals surface area (Å²) in [6.45, 7) is 5.29. The van der Waals surface area contributed by atoms with Crippen molar-refractivity contribution >= 4 is 38.4 Å². The van der Waals surface area contributed by atoms with Crippen LogP contribution in [-0.2, 0) is 9.84 Å². The molecule has 2 heterocycles. The molecule has 0 saturated carbocycles. The maximum absolute atomic E-state index is 12.3. The Morgan fingerprint density at radius 2 is 2.07 bits per heavy atom. The number of nitrogens with zero attached hydrogens (tertiary/aromatic N) is 2. The number of amides is 2. The van der Waals surface area contributed by atoms with Crippen LogP contribution in [0.1, 0.15) is 38.4 Å². The van der Waals surface area contributed by atoms with Gasteiger partial charge in [0.2, 0.25) is 0 Å². The minimum atomic E-state index is -3.11. The minimum absolute atomic E-state index is 0.0733. The number of urea groups is 1. The van der Waals surface area contributed by atoms with Gasteiger partial charge in [0.15, 0.2) is 0 Å². The highest BCUT2D eigenvalue weighted by Gasteiger charge is 2.40. The van der Waals surface area contributed by atoms with Gasteiger partial charge in [-0.15, -0.1) is 0 Å². The van der Waals surface area contributed by atoms with E-state index in [1.807, 2.05) is 19.9 Å². The Bertz CT molecular complexity index is 1010. The lowest BCUT2D eigenvalue weighted by atomic mass is 9.68. The third-order valence-electron chi connectivity index (χ3n) is 6.13. The van der Waals surface area contributed by atoms with Crippen LogP contribution in [0.2, 0.25) is 5.02 Å². The van der Waals surface area contributed by atoms with E-state index in [9.17, 15) is 18.3 Å². The number of H-pyrrole nitrogens is 1. The first-order valence-electron chi connectivity index (χ1n) is 10.00. The van der Waals surface area contributed by atoms with Crippen LogP contribution < -0.4 is 5.32 Å². The largest absolute Gasteiger partial charge is 0.388 e. The first-order chi connectivity index (χ1) is 14.0. The second kappa shape index (κ2) is 8.72. The molecular weight excluding hydrogens is 428 g/mol. The predicted octanol–water partition coefficient (Wildman–Crippen LogP) is 2.74. The van der Waals surface area contributed by atoms with Crippen molar-refractivity contribution in [2.45, 2.75) is 32.8 Å². The highest BCUT2D eigenvalue weighted by Crippen LogP contribution is 2.46. The number of aliphatic hydroxyl groups is 1. The number of aliphatic hydroxyl groups excluding tert-OH is 1. The molecule has 3 N–H and O–H groups in total. The SMILES string of the molecule is CC(C)(C1CCN(C(=O)NCCS(C)(=O)=O)CC1)[C@H](O)c1cc(Cl)cc2cn[nH]c12. The van der Waals surface area contributed by atoms with E-state index in [0.29, 0.717) is 18.1 Å². The van der Waals surface area contributed by atoms with E-state index in [1.54, 1.807) is 17.2 Å². The fraction of sp³-hybridized carbons (Fsp3) is 0.600. The molecule has 0 unspecified atom stereocenters. The van der Waals surface area contributed by atoms with Gasteiger partial charge in [-0.2, -0.15) is 5.10 Å². The summed E-state index contributed by atoms with van der Waals surface area (Å²) in [6.07, 6.45) is 3.58. The minimum Gasteiger partial charge on any atom is -0.388 e. The summed E-state index contributed by atoms with van der Waals surface area (Å²) < 4.78 is 22.4. The second-order valence-corrected chi connectivity index (χ2v) is 11.4. The third-order valence-corrected chi connectivity index (χ3v) is 7.29. The molecule has 8 nitrogen and oxygen atoms in total. The van der Waals surface area contributed by atoms with Gasteiger partial charge in [0.05, 0.1) is 23.6 Å². The summed E-state index contributed by atoms with van der Waals surface area (Å²) in [4.78, 5) is 14.0. The van der Waals surface area contributed by atoms with Crippen LogP contribution in [0.3, 0.4) is 0 Å². The highest BCUT2D eigenvalue weighted by atomic mass is 35.5. The fourth-order valence-corrected chi connectivity index (χ4v) is 4.88. The number of aromatic amines is 1. The first kappa shape index (κ1) is 22.8. The van der Waals surface area contributed by atoms with Crippen molar-refractivity contribution in [2.24, 2.45) is 11.3 Å². The predicted molar refractivity (Wildman–Crippen MR) is 117 cm³/mol. The Labute approximate surface area is 181 Å². The van der Waals surface area contributed by atoms with Crippen molar-refractivity contribution in [3.63, 3.8) is 0 Å². The molecule has 1 saturated heterocycles. The number of halogens is 1. The summed E-state index contributed by atoms with van der Waals surface area (Å²) in [5, 5.41) is 22.3. The molecule has 166 valence electrons. The van der Waals surface area contributed by atoms with Gasteiger partial charge < -0.3 is 15.3 Å². The number of carbonyl (C=O) groups is 1. The van der Waals surface area contributed by atoms with Crippen molar-refractivity contribution in [1.82, 2.24) is 20.4 Å². The van der Waals surface area contributed by atoms with Crippen LogP contribution in [0, 0.1) is 11.3 Å². The lowest BCUT2D eigenvalue weighted by Gasteiger charge is -2.43. The lowest BCUT2D eigenvalue weighted by molar-refractivity contribution is -0.0143. The van der Waals surface area contributed by atoms with Gasteiger partial charge in [0.25, 0.3) is 0 Å². The third kappa shape index (κ3) is 5.07. The number of hydrogen-bond donors (Lipinski definition) is 3. The number of likely N-dealkylation sites (tertiary alicyclic amines) is 1. The molecule has 1 aromatic carbocycles. The number of aromatic nitrogens is 2. The zero-order valence-electron chi connectivity index (χ0n) is 17.5. The standard InChI is InChI=1S/C20H29ClN4O4S/c1-20(2,18(26)16-11-15(21)10-13-12-23-24-17(13)16)14-4-7-25(8-5-14)19(27)22-6-9-30(3,28)29/h10-12,14,18,26H,4-9H2,1-3H3,(H,22,27)(H,23,24)/t18-/m1/s1. The van der Waals surface area contributed by atoms with E-state index >= 15 is 0 Å². The van der Waals surface area contributed by atoms with Gasteiger partial charge in [0, 0.05) is 41.9 Å². The maximum atomic E-state index is 12.3. The van der Waals surface area contributed by atoms with Gasteiger partial charge >= 0.3 is 6.03 Å². The molecule has 1 aromatic heterocycles. The normalized spacial score (nSPS) is 17.3. The van der Waals surface area contributed by atoms with Crippen LogP contribution in [-0.4, -0.2) is 66.3 Å². The second-order valence-electron chi connectivity index (χ2n) is 8.68. The quantitative estimate of drug-likeness (QED) is 0.618. The molecule has 0 bridgehead atoms. The van der Waals surface area contributed by atoms with E-state index in [2.05, 4.69) is 15.5 Å². The van der Waals surface area contributed by atoms with Crippen LogP contribution in [0.25, 0.3) is 10.9 Å². The van der Waals surface area contributed by atoms with E-state index in [0.717, 1.165) is 35.6 Å². The Kier molecular flexibility index (Phi) is 6.64. The van der Waals surface area contributed by atoms with Crippen LogP contribution >= 0.6 is 11.6 Å². The lowest BCUT2D eigenvalue weighted by Crippen LogP contribution is -2.48. The van der Waals surface area contributed by atoms with E-state index in [1.165, 1.54) is 0 Å². The van der Waals surface area contributed by atoms with E-state index in [-0.39, 0.29) is 24.2 Å². The van der Waals surface area contributed by atoms with Crippen LogP contribution in [0.15, 0.2) is 18.3 Å². The van der Waals surface area contributed by atoms with Gasteiger partial charge in [0.1, 0.15) is 9.84 Å². The average Bonchev–Trinajstić information content (AvgIpc) is 3.14. The van der Waals surface area contributed by atoms with Crippen LogP contribution in [0.4, 0.5) is 4.79 Å². The average molecular weight is 457 g/mol. The number of nitrogens with one attached hydrogen (secondary N) is 2. The van der Waals surface area contributed by atoms with Crippen molar-refractivity contribution < 1.29 is 18.3 Å². The van der Waals surface area contributed by atoms with Gasteiger partial charge in [-0.3, -0.25) is 5.10 Å². The molecule has 2 aromatic rings. The van der Waals surface area contributed by atoms with Gasteiger partial charge in [-0.05, 0) is 36.3 Å². The van der Waals surface area contributed by atoms with E-state index < -0.39 is 21.4 Å². The monoisotopic (exact) mass is 456 g/mol. The number of piperidine rings is 1. The molecular formula is C20H29ClN4O4S. The Morgan fingerprint density at radius 1 is 1.40 bits per heavy atom. The number of rotatable bonds is 6. The number of carbonyl (C=O) groups excluding carboxylic acids is 1. The Hall–Kier alpha value is -1.84. The first-order valence-corrected chi connectivity index (χ1v) is 12.4. The van der Waals surface area contributed by atoms with Crippen molar-refractivity contribution in [3.05, 3.63) is 28.9 Å². The van der Waals surface area contributed by atoms with Gasteiger partial charge in [-0.25, -0.2) is 13.2 Å². The van der Waals surface area contributed by atoms with E-state index in [4.69, 9.17) is 11.6 Å². The molecule has 0 radical (unpaired) electrons.